The molecule has 0 saturated carbocycles. The van der Waals surface area contributed by atoms with Gasteiger partial charge in [0.15, 0.2) is 5.75 Å². The van der Waals surface area contributed by atoms with Crippen LogP contribution in [0.4, 0.5) is 0 Å². The van der Waals surface area contributed by atoms with Gasteiger partial charge in [0.25, 0.3) is 5.56 Å². The Hall–Kier alpha value is -2.16. The van der Waals surface area contributed by atoms with Gasteiger partial charge in [0, 0.05) is 39.1 Å². The monoisotopic (exact) mass is 476 g/mol. The van der Waals surface area contributed by atoms with Crippen molar-refractivity contribution in [3.63, 3.8) is 0 Å². The van der Waals surface area contributed by atoms with Gasteiger partial charge in [-0.25, -0.2) is 4.98 Å². The minimum Gasteiger partial charge on any atom is -0.486 e. The van der Waals surface area contributed by atoms with E-state index in [9.17, 15) is 9.59 Å². The SMILES string of the molecule is CCOC1(c2cc3c(Cl)nc(C)c(OC4CCNCC4)c3n(C)c2=O)CCN(C(C)=O)CC1. The summed E-state index contributed by atoms with van der Waals surface area (Å²) in [5.41, 5.74) is 0.983. The van der Waals surface area contributed by atoms with E-state index in [2.05, 4.69) is 10.3 Å². The molecule has 2 aliphatic rings. The third-order valence-corrected chi connectivity index (χ3v) is 7.23. The molecule has 0 unspecified atom stereocenters. The first kappa shape index (κ1) is 24.0. The van der Waals surface area contributed by atoms with Crippen LogP contribution in [0.3, 0.4) is 0 Å². The minimum absolute atomic E-state index is 0.0361. The van der Waals surface area contributed by atoms with Crippen LogP contribution in [0.5, 0.6) is 5.75 Å². The molecule has 1 amide bonds. The van der Waals surface area contributed by atoms with E-state index >= 15 is 0 Å². The van der Waals surface area contributed by atoms with Crippen molar-refractivity contribution in [2.24, 2.45) is 7.05 Å². The van der Waals surface area contributed by atoms with Crippen molar-refractivity contribution in [2.75, 3.05) is 32.8 Å². The molecule has 0 aliphatic carbocycles. The van der Waals surface area contributed by atoms with E-state index in [1.165, 1.54) is 0 Å². The first-order chi connectivity index (χ1) is 15.8. The number of likely N-dealkylation sites (tertiary alicyclic amines) is 1. The molecule has 180 valence electrons. The number of ether oxygens (including phenoxy) is 2. The molecule has 0 radical (unpaired) electrons. The van der Waals surface area contributed by atoms with Crippen LogP contribution < -0.4 is 15.6 Å². The summed E-state index contributed by atoms with van der Waals surface area (Å²) in [7, 11) is 1.75. The van der Waals surface area contributed by atoms with Gasteiger partial charge < -0.3 is 24.3 Å². The van der Waals surface area contributed by atoms with Gasteiger partial charge in [0.1, 0.15) is 16.9 Å². The summed E-state index contributed by atoms with van der Waals surface area (Å²) in [5.74, 6) is 0.651. The molecule has 4 rings (SSSR count). The zero-order valence-corrected chi connectivity index (χ0v) is 20.6. The zero-order chi connectivity index (χ0) is 23.8. The first-order valence-electron chi connectivity index (χ1n) is 11.7. The van der Waals surface area contributed by atoms with Crippen LogP contribution in [0.1, 0.15) is 50.8 Å². The zero-order valence-electron chi connectivity index (χ0n) is 19.9. The third kappa shape index (κ3) is 4.48. The van der Waals surface area contributed by atoms with E-state index in [1.54, 1.807) is 23.4 Å². The van der Waals surface area contributed by atoms with Crippen LogP contribution >= 0.6 is 11.6 Å². The second kappa shape index (κ2) is 9.60. The van der Waals surface area contributed by atoms with Crippen LogP contribution in [0.15, 0.2) is 10.9 Å². The molecule has 9 heteroatoms. The quantitative estimate of drug-likeness (QED) is 0.668. The van der Waals surface area contributed by atoms with E-state index in [0.29, 0.717) is 65.6 Å². The highest BCUT2D eigenvalue weighted by molar-refractivity contribution is 6.34. The molecule has 2 aromatic rings. The Morgan fingerprint density at radius 2 is 1.97 bits per heavy atom. The van der Waals surface area contributed by atoms with Crippen molar-refractivity contribution in [1.29, 1.82) is 0 Å². The maximum absolute atomic E-state index is 13.7. The molecule has 33 heavy (non-hydrogen) atoms. The number of rotatable bonds is 5. The van der Waals surface area contributed by atoms with E-state index < -0.39 is 5.60 Å². The van der Waals surface area contributed by atoms with E-state index in [4.69, 9.17) is 21.1 Å². The Kier molecular flexibility index (Phi) is 6.98. The highest BCUT2D eigenvalue weighted by Crippen LogP contribution is 2.39. The molecule has 2 aromatic heterocycles. The summed E-state index contributed by atoms with van der Waals surface area (Å²) in [6.45, 7) is 8.71. The molecule has 0 aromatic carbocycles. The minimum atomic E-state index is -0.770. The van der Waals surface area contributed by atoms with Gasteiger partial charge in [-0.05, 0) is 58.7 Å². The number of piperidine rings is 2. The van der Waals surface area contributed by atoms with Crippen LogP contribution in [0, 0.1) is 6.92 Å². The van der Waals surface area contributed by atoms with Crippen LogP contribution in [0.25, 0.3) is 10.9 Å². The Labute approximate surface area is 199 Å². The van der Waals surface area contributed by atoms with Crippen molar-refractivity contribution in [3.8, 4) is 5.75 Å². The van der Waals surface area contributed by atoms with Gasteiger partial charge in [-0.1, -0.05) is 11.6 Å². The van der Waals surface area contributed by atoms with Crippen molar-refractivity contribution < 1.29 is 14.3 Å². The van der Waals surface area contributed by atoms with Gasteiger partial charge in [-0.3, -0.25) is 9.59 Å². The molecule has 2 saturated heterocycles. The lowest BCUT2D eigenvalue weighted by atomic mass is 9.84. The maximum atomic E-state index is 13.7. The molecular weight excluding hydrogens is 444 g/mol. The summed E-state index contributed by atoms with van der Waals surface area (Å²) in [4.78, 5) is 31.9. The van der Waals surface area contributed by atoms with Gasteiger partial charge in [0.2, 0.25) is 5.91 Å². The predicted octanol–water partition coefficient (Wildman–Crippen LogP) is 2.90. The second-order valence-electron chi connectivity index (χ2n) is 9.00. The number of pyridine rings is 2. The fraction of sp³-hybridized carbons (Fsp3) is 0.625. The number of hydrogen-bond donors (Lipinski definition) is 1. The van der Waals surface area contributed by atoms with Crippen LogP contribution in [-0.2, 0) is 22.2 Å². The fourth-order valence-electron chi connectivity index (χ4n) is 5.10. The lowest BCUT2D eigenvalue weighted by molar-refractivity contribution is -0.136. The van der Waals surface area contributed by atoms with E-state index in [0.717, 1.165) is 25.9 Å². The molecule has 8 nitrogen and oxygen atoms in total. The predicted molar refractivity (Wildman–Crippen MR) is 128 cm³/mol. The average Bonchev–Trinajstić information content (AvgIpc) is 2.79. The number of carbonyl (C=O) groups is 1. The van der Waals surface area contributed by atoms with Gasteiger partial charge in [-0.15, -0.1) is 0 Å². The Morgan fingerprint density at radius 1 is 1.30 bits per heavy atom. The van der Waals surface area contributed by atoms with Crippen molar-refractivity contribution in [1.82, 2.24) is 19.8 Å². The number of carbonyl (C=O) groups excluding carboxylic acids is 1. The number of nitrogens with zero attached hydrogens (tertiary/aromatic N) is 3. The molecular formula is C24H33ClN4O4. The van der Waals surface area contributed by atoms with E-state index in [-0.39, 0.29) is 17.6 Å². The molecule has 1 N–H and O–H groups in total. The summed E-state index contributed by atoms with van der Waals surface area (Å²) in [5, 5.41) is 4.36. The lowest BCUT2D eigenvalue weighted by Gasteiger charge is -2.41. The molecule has 4 heterocycles. The smallest absolute Gasteiger partial charge is 0.257 e. The number of nitrogens with one attached hydrogen (secondary N) is 1. The largest absolute Gasteiger partial charge is 0.486 e. The maximum Gasteiger partial charge on any atom is 0.257 e. The summed E-state index contributed by atoms with van der Waals surface area (Å²) < 4.78 is 14.2. The van der Waals surface area contributed by atoms with Gasteiger partial charge in [-0.2, -0.15) is 0 Å². The van der Waals surface area contributed by atoms with Crippen molar-refractivity contribution in [2.45, 2.75) is 58.2 Å². The van der Waals surface area contributed by atoms with E-state index in [1.807, 2.05) is 19.9 Å². The summed E-state index contributed by atoms with van der Waals surface area (Å²) in [6.07, 6.45) is 2.97. The Bertz CT molecular complexity index is 1100. The molecule has 0 bridgehead atoms. The van der Waals surface area contributed by atoms with Crippen molar-refractivity contribution in [3.05, 3.63) is 32.8 Å². The number of aryl methyl sites for hydroxylation is 2. The summed E-state index contributed by atoms with van der Waals surface area (Å²) >= 11 is 6.61. The number of hydrogen-bond acceptors (Lipinski definition) is 6. The lowest BCUT2D eigenvalue weighted by Crippen LogP contribution is -2.48. The number of fused-ring (bicyclic) bond motifs is 1. The average molecular weight is 477 g/mol. The molecule has 0 spiro atoms. The Balaban J connectivity index is 1.83. The molecule has 2 fully saturated rings. The number of amides is 1. The van der Waals surface area contributed by atoms with Gasteiger partial charge in [0.05, 0.1) is 16.8 Å². The van der Waals surface area contributed by atoms with Crippen LogP contribution in [-0.4, -0.2) is 59.2 Å². The molecule has 0 atom stereocenters. The van der Waals surface area contributed by atoms with Crippen LogP contribution in [0.2, 0.25) is 5.15 Å². The van der Waals surface area contributed by atoms with Crippen molar-refractivity contribution >= 4 is 28.4 Å². The normalized spacial score (nSPS) is 19.1. The highest BCUT2D eigenvalue weighted by Gasteiger charge is 2.40. The topological polar surface area (TPSA) is 85.7 Å². The first-order valence-corrected chi connectivity index (χ1v) is 12.1. The molecule has 2 aliphatic heterocycles. The summed E-state index contributed by atoms with van der Waals surface area (Å²) in [6, 6.07) is 1.83. The number of halogens is 1. The van der Waals surface area contributed by atoms with Gasteiger partial charge >= 0.3 is 0 Å². The Morgan fingerprint density at radius 3 is 2.58 bits per heavy atom. The second-order valence-corrected chi connectivity index (χ2v) is 9.36. The highest BCUT2D eigenvalue weighted by atomic mass is 35.5. The number of aromatic nitrogens is 2. The fourth-order valence-corrected chi connectivity index (χ4v) is 5.37. The standard InChI is InChI=1S/C24H33ClN4O4/c1-5-32-24(8-12-29(13-9-24)16(3)30)19-14-18-20(28(4)23(19)31)21(15(2)27-22(18)25)33-17-6-10-26-11-7-17/h14,17,26H,5-13H2,1-4H3. The third-order valence-electron chi connectivity index (χ3n) is 6.94.